The molecule has 1 aliphatic rings. The predicted molar refractivity (Wildman–Crippen MR) is 96.5 cm³/mol. The van der Waals surface area contributed by atoms with E-state index in [2.05, 4.69) is 11.0 Å². The van der Waals surface area contributed by atoms with Crippen LogP contribution in [0.1, 0.15) is 11.1 Å². The van der Waals surface area contributed by atoms with Crippen LogP contribution in [0.2, 0.25) is 0 Å². The van der Waals surface area contributed by atoms with Crippen LogP contribution in [0, 0.1) is 0 Å². The molecule has 2 aromatic carbocycles. The van der Waals surface area contributed by atoms with Gasteiger partial charge in [0.1, 0.15) is 18.5 Å². The Morgan fingerprint density at radius 2 is 1.72 bits per heavy atom. The van der Waals surface area contributed by atoms with E-state index in [4.69, 9.17) is 14.2 Å². The first-order valence-electron chi connectivity index (χ1n) is 8.51. The number of hydrogen-bond acceptors (Lipinski definition) is 5. The van der Waals surface area contributed by atoms with Crippen LogP contribution >= 0.6 is 0 Å². The summed E-state index contributed by atoms with van der Waals surface area (Å²) in [5, 5.41) is 10.3. The van der Waals surface area contributed by atoms with Crippen LogP contribution in [-0.2, 0) is 13.0 Å². The van der Waals surface area contributed by atoms with E-state index in [-0.39, 0.29) is 0 Å². The molecule has 0 radical (unpaired) electrons. The third kappa shape index (κ3) is 4.44. The predicted octanol–water partition coefficient (Wildman–Crippen LogP) is 2.50. The highest BCUT2D eigenvalue weighted by atomic mass is 16.5. The Kier molecular flexibility index (Phi) is 5.79. The molecule has 0 saturated carbocycles. The van der Waals surface area contributed by atoms with E-state index in [9.17, 15) is 5.11 Å². The van der Waals surface area contributed by atoms with Gasteiger partial charge in [-0.2, -0.15) is 0 Å². The Labute approximate surface area is 148 Å². The maximum absolute atomic E-state index is 10.3. The summed E-state index contributed by atoms with van der Waals surface area (Å²) < 4.78 is 16.4. The molecule has 0 fully saturated rings. The topological polar surface area (TPSA) is 51.2 Å². The van der Waals surface area contributed by atoms with Gasteiger partial charge >= 0.3 is 0 Å². The van der Waals surface area contributed by atoms with Crippen molar-refractivity contribution < 1.29 is 19.3 Å². The van der Waals surface area contributed by atoms with Crippen molar-refractivity contribution in [1.82, 2.24) is 4.90 Å². The molecular formula is C20H25NO4. The summed E-state index contributed by atoms with van der Waals surface area (Å²) in [6.07, 6.45) is 0.406. The van der Waals surface area contributed by atoms with Gasteiger partial charge < -0.3 is 19.3 Å². The number of ether oxygens (including phenoxy) is 3. The number of nitrogens with zero attached hydrogens (tertiary/aromatic N) is 1. The second-order valence-electron chi connectivity index (χ2n) is 6.24. The maximum Gasteiger partial charge on any atom is 0.161 e. The first-order valence-corrected chi connectivity index (χ1v) is 8.51. The van der Waals surface area contributed by atoms with Crippen LogP contribution in [0.15, 0.2) is 42.5 Å². The molecule has 1 heterocycles. The van der Waals surface area contributed by atoms with E-state index in [1.165, 1.54) is 11.1 Å². The summed E-state index contributed by atoms with van der Waals surface area (Å²) in [6, 6.07) is 13.7. The number of fused-ring (bicyclic) bond motifs is 1. The van der Waals surface area contributed by atoms with Crippen LogP contribution in [0.25, 0.3) is 0 Å². The molecule has 3 rings (SSSR count). The maximum atomic E-state index is 10.3. The number of aliphatic hydroxyl groups is 1. The molecular weight excluding hydrogens is 318 g/mol. The first-order chi connectivity index (χ1) is 12.2. The first kappa shape index (κ1) is 17.6. The largest absolute Gasteiger partial charge is 0.493 e. The van der Waals surface area contributed by atoms with Crippen LogP contribution in [0.4, 0.5) is 0 Å². The van der Waals surface area contributed by atoms with Crippen LogP contribution in [0.3, 0.4) is 0 Å². The minimum absolute atomic E-state index is 0.291. The fourth-order valence-electron chi connectivity index (χ4n) is 3.16. The van der Waals surface area contributed by atoms with Gasteiger partial charge in [-0.25, -0.2) is 0 Å². The van der Waals surface area contributed by atoms with Gasteiger partial charge in [-0.3, -0.25) is 4.90 Å². The zero-order chi connectivity index (χ0) is 17.6. The second-order valence-corrected chi connectivity index (χ2v) is 6.24. The SMILES string of the molecule is COc1cc2c(cc1OC)CN(C[C@@H](O)COc1ccccc1)CC2. The Morgan fingerprint density at radius 1 is 1.04 bits per heavy atom. The monoisotopic (exact) mass is 343 g/mol. The van der Waals surface area contributed by atoms with E-state index in [0.29, 0.717) is 13.2 Å². The number of methoxy groups -OCH3 is 2. The van der Waals surface area contributed by atoms with Crippen molar-refractivity contribution >= 4 is 0 Å². The van der Waals surface area contributed by atoms with Crippen molar-refractivity contribution in [2.45, 2.75) is 19.1 Å². The zero-order valence-corrected chi connectivity index (χ0v) is 14.8. The minimum atomic E-state index is -0.526. The summed E-state index contributed by atoms with van der Waals surface area (Å²) in [6.45, 7) is 2.57. The molecule has 5 nitrogen and oxygen atoms in total. The Bertz CT molecular complexity index is 690. The van der Waals surface area contributed by atoms with Crippen molar-refractivity contribution in [3.8, 4) is 17.2 Å². The minimum Gasteiger partial charge on any atom is -0.493 e. The number of para-hydroxylation sites is 1. The van der Waals surface area contributed by atoms with E-state index in [0.717, 1.165) is 36.8 Å². The molecule has 0 bridgehead atoms. The molecule has 0 aromatic heterocycles. The lowest BCUT2D eigenvalue weighted by molar-refractivity contribution is 0.0637. The lowest BCUT2D eigenvalue weighted by atomic mass is 9.98. The second kappa shape index (κ2) is 8.23. The number of hydrogen-bond donors (Lipinski definition) is 1. The number of β-amino-alcohol motifs (C(OH)–C–C–N with tert-alkyl or cyclic N) is 1. The van der Waals surface area contributed by atoms with Gasteiger partial charge in [0, 0.05) is 19.6 Å². The summed E-state index contributed by atoms with van der Waals surface area (Å²) in [7, 11) is 3.30. The summed E-state index contributed by atoms with van der Waals surface area (Å²) in [5.74, 6) is 2.30. The van der Waals surface area contributed by atoms with Crippen LogP contribution < -0.4 is 14.2 Å². The number of benzene rings is 2. The number of aliphatic hydroxyl groups excluding tert-OH is 1. The van der Waals surface area contributed by atoms with Gasteiger partial charge in [-0.05, 0) is 41.8 Å². The van der Waals surface area contributed by atoms with Crippen molar-refractivity contribution in [1.29, 1.82) is 0 Å². The fraction of sp³-hybridized carbons (Fsp3) is 0.400. The third-order valence-electron chi connectivity index (χ3n) is 4.45. The van der Waals surface area contributed by atoms with Gasteiger partial charge in [-0.1, -0.05) is 18.2 Å². The fourth-order valence-corrected chi connectivity index (χ4v) is 3.16. The molecule has 134 valence electrons. The molecule has 1 N–H and O–H groups in total. The normalized spacial score (nSPS) is 15.3. The molecule has 0 aliphatic carbocycles. The van der Waals surface area contributed by atoms with Crippen molar-refractivity contribution in [3.63, 3.8) is 0 Å². The summed E-state index contributed by atoms with van der Waals surface area (Å²) >= 11 is 0. The van der Waals surface area contributed by atoms with Crippen LogP contribution in [-0.4, -0.2) is 50.0 Å². The highest BCUT2D eigenvalue weighted by Gasteiger charge is 2.21. The zero-order valence-electron chi connectivity index (χ0n) is 14.8. The van der Waals surface area contributed by atoms with Gasteiger partial charge in [0.25, 0.3) is 0 Å². The Hall–Kier alpha value is -2.24. The molecule has 1 atom stereocenters. The van der Waals surface area contributed by atoms with Crippen molar-refractivity contribution in [2.75, 3.05) is 33.9 Å². The average molecular weight is 343 g/mol. The van der Waals surface area contributed by atoms with Gasteiger partial charge in [0.2, 0.25) is 0 Å². The lowest BCUT2D eigenvalue weighted by Gasteiger charge is -2.31. The molecule has 0 saturated heterocycles. The van der Waals surface area contributed by atoms with E-state index in [1.807, 2.05) is 36.4 Å². The highest BCUT2D eigenvalue weighted by molar-refractivity contribution is 5.48. The van der Waals surface area contributed by atoms with E-state index in [1.54, 1.807) is 14.2 Å². The van der Waals surface area contributed by atoms with Gasteiger partial charge in [0.15, 0.2) is 11.5 Å². The quantitative estimate of drug-likeness (QED) is 0.837. The molecule has 5 heteroatoms. The smallest absolute Gasteiger partial charge is 0.161 e. The third-order valence-corrected chi connectivity index (χ3v) is 4.45. The molecule has 0 spiro atoms. The standard InChI is InChI=1S/C20H25NO4/c1-23-19-10-15-8-9-21(12-16(15)11-20(19)24-2)13-17(22)14-25-18-6-4-3-5-7-18/h3-7,10-11,17,22H,8-9,12-14H2,1-2H3/t17-/m1/s1. The van der Waals surface area contributed by atoms with Crippen LogP contribution in [0.5, 0.6) is 17.2 Å². The average Bonchev–Trinajstić information content (AvgIpc) is 2.66. The summed E-state index contributed by atoms with van der Waals surface area (Å²) in [4.78, 5) is 2.24. The summed E-state index contributed by atoms with van der Waals surface area (Å²) in [5.41, 5.74) is 2.50. The van der Waals surface area contributed by atoms with E-state index >= 15 is 0 Å². The Morgan fingerprint density at radius 3 is 2.40 bits per heavy atom. The molecule has 25 heavy (non-hydrogen) atoms. The van der Waals surface area contributed by atoms with E-state index < -0.39 is 6.10 Å². The van der Waals surface area contributed by atoms with Gasteiger partial charge in [-0.15, -0.1) is 0 Å². The number of rotatable bonds is 7. The lowest BCUT2D eigenvalue weighted by Crippen LogP contribution is -2.38. The Balaban J connectivity index is 1.57. The van der Waals surface area contributed by atoms with Crippen molar-refractivity contribution in [2.24, 2.45) is 0 Å². The molecule has 0 amide bonds. The molecule has 2 aromatic rings. The highest BCUT2D eigenvalue weighted by Crippen LogP contribution is 2.33. The molecule has 1 aliphatic heterocycles. The molecule has 0 unspecified atom stereocenters. The van der Waals surface area contributed by atoms with Crippen molar-refractivity contribution in [3.05, 3.63) is 53.6 Å². The van der Waals surface area contributed by atoms with Gasteiger partial charge in [0.05, 0.1) is 14.2 Å².